The quantitative estimate of drug-likeness (QED) is 0.351. The zero-order valence-corrected chi connectivity index (χ0v) is 32.2. The Morgan fingerprint density at radius 2 is 0.350 bits per heavy atom. The molecule has 0 aliphatic rings. The van der Waals surface area contributed by atoms with E-state index in [1.165, 1.54) is 0 Å². The van der Waals surface area contributed by atoms with Crippen LogP contribution in [0.2, 0.25) is 0 Å². The van der Waals surface area contributed by atoms with Crippen LogP contribution in [-0.2, 0) is 270 Å². The van der Waals surface area contributed by atoms with Gasteiger partial charge in [0.1, 0.15) is 0 Å². The number of hydrogen-bond donors (Lipinski definition) is 0. The zero-order valence-electron chi connectivity index (χ0n) is 11.2. The summed E-state index contributed by atoms with van der Waals surface area (Å²) in [6, 6.07) is 0. The van der Waals surface area contributed by atoms with E-state index < -0.39 is 0 Å². The molecule has 0 bridgehead atoms. The molecule has 20 heavy (non-hydrogen) atoms. The van der Waals surface area contributed by atoms with Crippen molar-refractivity contribution in [2.45, 2.75) is 27.7 Å². The first kappa shape index (κ1) is 117. The Balaban J connectivity index is -0.00000000124. The summed E-state index contributed by atoms with van der Waals surface area (Å²) in [5.41, 5.74) is 0.500. The van der Waals surface area contributed by atoms with E-state index in [-0.39, 0.29) is 241 Å². The second kappa shape index (κ2) is 91.2. The average molecular weight is 836 g/mol. The van der Waals surface area contributed by atoms with Crippen LogP contribution >= 0.6 is 0 Å². The monoisotopic (exact) mass is 836 g/mol. The molecule has 15 heteroatoms. The van der Waals surface area contributed by atoms with Gasteiger partial charge in [-0.15, -0.1) is 0 Å². The molecule has 0 aromatic carbocycles. The van der Waals surface area contributed by atoms with Gasteiger partial charge in [0.25, 0.3) is 0 Å². The Kier molecular flexibility index (Phi) is 534. The molecule has 13 radical (unpaired) electrons. The summed E-state index contributed by atoms with van der Waals surface area (Å²) in [7, 11) is 0. The third-order valence-corrected chi connectivity index (χ3v) is 0. The first-order valence-electron chi connectivity index (χ1n) is 2.20. The van der Waals surface area contributed by atoms with Crippen LogP contribution in [0.3, 0.4) is 0 Å². The minimum absolute atomic E-state index is 0. The van der Waals surface area contributed by atoms with Crippen molar-refractivity contribution in [1.29, 1.82) is 0 Å². The SMILES string of the molecule is CC(C)(C)C.[V].[V].[V].[V].[V].[V].[V].[V].[V].[V].[V].[V].[V].[V]=[V]. The van der Waals surface area contributed by atoms with Crippen LogP contribution in [-0.4, -0.2) is 0 Å². The topological polar surface area (TPSA) is 0 Å². The fourth-order valence-corrected chi connectivity index (χ4v) is 0. The van der Waals surface area contributed by atoms with Crippen molar-refractivity contribution < 1.29 is 270 Å². The van der Waals surface area contributed by atoms with Gasteiger partial charge in [0.2, 0.25) is 0 Å². The van der Waals surface area contributed by atoms with Gasteiger partial charge in [-0.25, -0.2) is 0 Å². The molecule has 0 rings (SSSR count). The summed E-state index contributed by atoms with van der Waals surface area (Å²) in [4.78, 5) is 0. The predicted molar refractivity (Wildman–Crippen MR) is 25.1 cm³/mol. The van der Waals surface area contributed by atoms with Gasteiger partial charge in [-0.3, -0.25) is 0 Å². The molecule has 0 spiro atoms. The summed E-state index contributed by atoms with van der Waals surface area (Å²) < 4.78 is 0. The third-order valence-electron chi connectivity index (χ3n) is 0. The van der Waals surface area contributed by atoms with E-state index in [0.29, 0.717) is 5.41 Å². The molecule has 0 saturated heterocycles. The van der Waals surface area contributed by atoms with Crippen molar-refractivity contribution in [2.75, 3.05) is 0 Å². The van der Waals surface area contributed by atoms with E-state index in [1.54, 1.807) is 0 Å². The Bertz CT molecular complexity index is 40.0. The van der Waals surface area contributed by atoms with E-state index in [1.807, 2.05) is 0 Å². The van der Waals surface area contributed by atoms with Gasteiger partial charge >= 0.3 is 29.3 Å². The molecular formula is C5H12V15. The van der Waals surface area contributed by atoms with Crippen LogP contribution in [0.25, 0.3) is 0 Å². The van der Waals surface area contributed by atoms with Gasteiger partial charge in [-0.2, -0.15) is 0 Å². The van der Waals surface area contributed by atoms with E-state index in [2.05, 4.69) is 57.0 Å². The first-order chi connectivity index (χ1) is 3.00. The van der Waals surface area contributed by atoms with Crippen molar-refractivity contribution in [3.05, 3.63) is 0 Å². The summed E-state index contributed by atoms with van der Waals surface area (Å²) in [6.07, 6.45) is 0. The summed E-state index contributed by atoms with van der Waals surface area (Å²) >= 11 is 4.50. The molecule has 0 N–H and O–H groups in total. The van der Waals surface area contributed by atoms with Crippen molar-refractivity contribution in [2.24, 2.45) is 5.41 Å². The predicted octanol–water partition coefficient (Wildman–Crippen LogP) is 2.01. The molecule has 0 aromatic rings. The van der Waals surface area contributed by atoms with Gasteiger partial charge in [-0.05, 0) is 5.41 Å². The Morgan fingerprint density at radius 3 is 0.350 bits per heavy atom. The van der Waals surface area contributed by atoms with E-state index in [9.17, 15) is 0 Å². The summed E-state index contributed by atoms with van der Waals surface area (Å²) in [6.45, 7) is 8.75. The molecule has 0 nitrogen and oxygen atoms in total. The molecule has 0 atom stereocenters. The van der Waals surface area contributed by atoms with Gasteiger partial charge in [-0.1, -0.05) is 27.7 Å². The molecule has 0 aliphatic heterocycles. The molecule has 0 fully saturated rings. The van der Waals surface area contributed by atoms with E-state index >= 15 is 0 Å². The third kappa shape index (κ3) is 231. The van der Waals surface area contributed by atoms with Gasteiger partial charge < -0.3 is 0 Å². The second-order valence-corrected chi connectivity index (χ2v) is 3.00. The Labute approximate surface area is 296 Å². The number of rotatable bonds is 0. The van der Waals surface area contributed by atoms with Crippen LogP contribution < -0.4 is 0 Å². The van der Waals surface area contributed by atoms with Crippen molar-refractivity contribution in [1.82, 2.24) is 0 Å². The molecule has 0 amide bonds. The van der Waals surface area contributed by atoms with E-state index in [0.717, 1.165) is 0 Å². The van der Waals surface area contributed by atoms with Crippen LogP contribution in [0.1, 0.15) is 27.7 Å². The maximum atomic E-state index is 2.25. The molecule has 0 heterocycles. The van der Waals surface area contributed by atoms with Crippen molar-refractivity contribution >= 4 is 0 Å². The molecule has 0 aromatic heterocycles. The van der Waals surface area contributed by atoms with Crippen molar-refractivity contribution in [3.63, 3.8) is 0 Å². The first-order valence-corrected chi connectivity index (χ1v) is 5.40. The number of hydrogen-bond acceptors (Lipinski definition) is 0. The van der Waals surface area contributed by atoms with Crippen LogP contribution in [0, 0.1) is 5.41 Å². The molecule has 107 valence electrons. The summed E-state index contributed by atoms with van der Waals surface area (Å²) in [5.74, 6) is 0. The standard InChI is InChI=1S/C5H12.15V/c1-5(2,3)4;;;;;;;;;;;;;;;/h1-4H3;;;;;;;;;;;;;;;. The zero-order chi connectivity index (χ0) is 6.50. The normalized spacial score (nSPS) is 3.10. The van der Waals surface area contributed by atoms with E-state index in [4.69, 9.17) is 0 Å². The fourth-order valence-electron chi connectivity index (χ4n) is 0. The maximum absolute atomic E-state index is 2.25. The molecule has 0 unspecified atom stereocenters. The van der Waals surface area contributed by atoms with Gasteiger partial charge in [0.05, 0.1) is 0 Å². The Morgan fingerprint density at radius 1 is 0.350 bits per heavy atom. The van der Waals surface area contributed by atoms with Crippen LogP contribution in [0.15, 0.2) is 0 Å². The average Bonchev–Trinajstić information content (AvgIpc) is 1.36. The molecule has 0 aliphatic carbocycles. The van der Waals surface area contributed by atoms with Gasteiger partial charge in [0.15, 0.2) is 0 Å². The second-order valence-electron chi connectivity index (χ2n) is 3.00. The van der Waals surface area contributed by atoms with Crippen molar-refractivity contribution in [3.8, 4) is 0 Å². The Hall–Kier alpha value is 8.77. The molecule has 0 saturated carbocycles. The summed E-state index contributed by atoms with van der Waals surface area (Å²) in [5, 5.41) is 0. The minimum atomic E-state index is 0. The van der Waals surface area contributed by atoms with Crippen LogP contribution in [0.4, 0.5) is 0 Å². The fraction of sp³-hybridized carbons (Fsp3) is 1.00. The van der Waals surface area contributed by atoms with Gasteiger partial charge in [0, 0.05) is 241 Å². The molecular weight excluding hydrogens is 824 g/mol. The van der Waals surface area contributed by atoms with Crippen LogP contribution in [0.5, 0.6) is 0 Å².